The maximum Gasteiger partial charge on any atom is 0.265 e. The van der Waals surface area contributed by atoms with Crippen molar-refractivity contribution in [3.05, 3.63) is 39.7 Å². The highest BCUT2D eigenvalue weighted by Gasteiger charge is 2.26. The van der Waals surface area contributed by atoms with Crippen LogP contribution in [0.3, 0.4) is 0 Å². The van der Waals surface area contributed by atoms with E-state index < -0.39 is 0 Å². The van der Waals surface area contributed by atoms with Gasteiger partial charge >= 0.3 is 0 Å². The van der Waals surface area contributed by atoms with Gasteiger partial charge in [-0.3, -0.25) is 9.69 Å². The van der Waals surface area contributed by atoms with Gasteiger partial charge in [0, 0.05) is 32.1 Å². The lowest BCUT2D eigenvalue weighted by atomic mass is 10.2. The first-order valence-corrected chi connectivity index (χ1v) is 8.87. The normalized spacial score (nSPS) is 16.3. The molecule has 2 aromatic rings. The fourth-order valence-corrected chi connectivity index (χ4v) is 3.78. The van der Waals surface area contributed by atoms with Gasteiger partial charge in [0.2, 0.25) is 0 Å². The van der Waals surface area contributed by atoms with Crippen LogP contribution in [0.4, 0.5) is 0 Å². The number of thiazole rings is 1. The molecule has 0 radical (unpaired) electrons. The van der Waals surface area contributed by atoms with Crippen LogP contribution in [0.1, 0.15) is 45.9 Å². The molecule has 0 atom stereocenters. The molecule has 1 fully saturated rings. The quantitative estimate of drug-likeness (QED) is 0.862. The summed E-state index contributed by atoms with van der Waals surface area (Å²) < 4.78 is 5.39. The van der Waals surface area contributed by atoms with Crippen LogP contribution >= 0.6 is 11.3 Å². The Balaban J connectivity index is 1.60. The Morgan fingerprint density at radius 3 is 2.65 bits per heavy atom. The minimum absolute atomic E-state index is 0.129. The van der Waals surface area contributed by atoms with E-state index in [-0.39, 0.29) is 5.91 Å². The SMILES string of the molecule is Cc1nc(C(C)C)sc1C(=O)N1CCN(Cc2ccco2)CC1. The molecule has 0 unspecified atom stereocenters. The molecule has 124 valence electrons. The number of aryl methyl sites for hydroxylation is 1. The maximum absolute atomic E-state index is 12.7. The highest BCUT2D eigenvalue weighted by Crippen LogP contribution is 2.26. The van der Waals surface area contributed by atoms with E-state index in [1.165, 1.54) is 0 Å². The molecule has 1 aliphatic heterocycles. The number of hydrogen-bond acceptors (Lipinski definition) is 5. The van der Waals surface area contributed by atoms with Gasteiger partial charge in [-0.05, 0) is 19.1 Å². The molecule has 3 rings (SSSR count). The number of nitrogens with zero attached hydrogens (tertiary/aromatic N) is 3. The number of rotatable bonds is 4. The van der Waals surface area contributed by atoms with Crippen molar-refractivity contribution >= 4 is 17.2 Å². The fourth-order valence-electron chi connectivity index (χ4n) is 2.74. The van der Waals surface area contributed by atoms with E-state index in [1.807, 2.05) is 24.0 Å². The highest BCUT2D eigenvalue weighted by atomic mass is 32.1. The van der Waals surface area contributed by atoms with E-state index in [9.17, 15) is 4.79 Å². The lowest BCUT2D eigenvalue weighted by molar-refractivity contribution is 0.0624. The number of furan rings is 1. The first kappa shape index (κ1) is 16.2. The van der Waals surface area contributed by atoms with Crippen molar-refractivity contribution in [1.29, 1.82) is 0 Å². The summed E-state index contributed by atoms with van der Waals surface area (Å²) in [5.74, 6) is 1.47. The maximum atomic E-state index is 12.7. The predicted molar refractivity (Wildman–Crippen MR) is 90.8 cm³/mol. The predicted octanol–water partition coefficient (Wildman–Crippen LogP) is 3.13. The second kappa shape index (κ2) is 6.84. The second-order valence-corrected chi connectivity index (χ2v) is 7.30. The van der Waals surface area contributed by atoms with Crippen molar-refractivity contribution in [2.45, 2.75) is 33.2 Å². The Hall–Kier alpha value is -1.66. The third-order valence-electron chi connectivity index (χ3n) is 4.12. The Kier molecular flexibility index (Phi) is 4.82. The Morgan fingerprint density at radius 1 is 1.35 bits per heavy atom. The van der Waals surface area contributed by atoms with Crippen LogP contribution in [0.2, 0.25) is 0 Å². The molecule has 23 heavy (non-hydrogen) atoms. The zero-order valence-electron chi connectivity index (χ0n) is 13.9. The molecule has 0 saturated carbocycles. The molecule has 0 N–H and O–H groups in total. The van der Waals surface area contributed by atoms with Crippen LogP contribution in [0.25, 0.3) is 0 Å². The number of aromatic nitrogens is 1. The second-order valence-electron chi connectivity index (χ2n) is 6.27. The van der Waals surface area contributed by atoms with Crippen LogP contribution in [0.15, 0.2) is 22.8 Å². The molecule has 0 aromatic carbocycles. The smallest absolute Gasteiger partial charge is 0.265 e. The Bertz CT molecular complexity index is 655. The monoisotopic (exact) mass is 333 g/mol. The van der Waals surface area contributed by atoms with Gasteiger partial charge in [0.05, 0.1) is 23.5 Å². The standard InChI is InChI=1S/C17H23N3O2S/c1-12(2)16-18-13(3)15(23-16)17(21)20-8-6-19(7-9-20)11-14-5-4-10-22-14/h4-5,10,12H,6-9,11H2,1-3H3. The van der Waals surface area contributed by atoms with Crippen LogP contribution in [0.5, 0.6) is 0 Å². The molecule has 1 amide bonds. The first-order chi connectivity index (χ1) is 11.0. The van der Waals surface area contributed by atoms with E-state index in [1.54, 1.807) is 17.6 Å². The number of hydrogen-bond donors (Lipinski definition) is 0. The summed E-state index contributed by atoms with van der Waals surface area (Å²) in [6, 6.07) is 3.90. The van der Waals surface area contributed by atoms with Gasteiger partial charge in [-0.1, -0.05) is 13.8 Å². The molecular weight excluding hydrogens is 310 g/mol. The van der Waals surface area contributed by atoms with E-state index >= 15 is 0 Å². The van der Waals surface area contributed by atoms with Gasteiger partial charge in [0.25, 0.3) is 5.91 Å². The van der Waals surface area contributed by atoms with Gasteiger partial charge in [-0.2, -0.15) is 0 Å². The van der Waals surface area contributed by atoms with Crippen molar-refractivity contribution in [2.24, 2.45) is 0 Å². The Morgan fingerprint density at radius 2 is 2.09 bits per heavy atom. The molecule has 5 nitrogen and oxygen atoms in total. The molecule has 1 saturated heterocycles. The molecule has 0 aliphatic carbocycles. The van der Waals surface area contributed by atoms with Crippen molar-refractivity contribution in [3.63, 3.8) is 0 Å². The minimum atomic E-state index is 0.129. The molecule has 0 spiro atoms. The highest BCUT2D eigenvalue weighted by molar-refractivity contribution is 7.13. The zero-order valence-corrected chi connectivity index (χ0v) is 14.7. The lowest BCUT2D eigenvalue weighted by Crippen LogP contribution is -2.48. The Labute approximate surface area is 140 Å². The third-order valence-corrected chi connectivity index (χ3v) is 5.57. The van der Waals surface area contributed by atoms with Gasteiger partial charge in [0.15, 0.2) is 0 Å². The van der Waals surface area contributed by atoms with Gasteiger partial charge < -0.3 is 9.32 Å². The molecule has 2 aromatic heterocycles. The van der Waals surface area contributed by atoms with E-state index in [0.717, 1.165) is 54.1 Å². The molecule has 0 bridgehead atoms. The molecular formula is C17H23N3O2S. The van der Waals surface area contributed by atoms with Gasteiger partial charge in [-0.25, -0.2) is 4.98 Å². The van der Waals surface area contributed by atoms with Crippen LogP contribution in [-0.4, -0.2) is 46.9 Å². The molecule has 3 heterocycles. The largest absolute Gasteiger partial charge is 0.468 e. The van der Waals surface area contributed by atoms with Crippen molar-refractivity contribution in [2.75, 3.05) is 26.2 Å². The van der Waals surface area contributed by atoms with Gasteiger partial charge in [-0.15, -0.1) is 11.3 Å². The summed E-state index contributed by atoms with van der Waals surface area (Å²) in [4.78, 5) is 22.3. The summed E-state index contributed by atoms with van der Waals surface area (Å²) >= 11 is 1.54. The average Bonchev–Trinajstić information content (AvgIpc) is 3.17. The van der Waals surface area contributed by atoms with E-state index in [4.69, 9.17) is 4.42 Å². The fraction of sp³-hybridized carbons (Fsp3) is 0.529. The van der Waals surface area contributed by atoms with Crippen LogP contribution in [-0.2, 0) is 6.54 Å². The first-order valence-electron chi connectivity index (χ1n) is 8.06. The van der Waals surface area contributed by atoms with Gasteiger partial charge in [0.1, 0.15) is 10.6 Å². The third kappa shape index (κ3) is 3.64. The zero-order chi connectivity index (χ0) is 16.4. The number of piperazine rings is 1. The molecule has 6 heteroatoms. The summed E-state index contributed by atoms with van der Waals surface area (Å²) in [6.45, 7) is 10.2. The summed E-state index contributed by atoms with van der Waals surface area (Å²) in [6.07, 6.45) is 1.70. The average molecular weight is 333 g/mol. The summed E-state index contributed by atoms with van der Waals surface area (Å²) in [7, 11) is 0. The number of carbonyl (C=O) groups excluding carboxylic acids is 1. The van der Waals surface area contributed by atoms with Crippen molar-refractivity contribution < 1.29 is 9.21 Å². The molecule has 1 aliphatic rings. The van der Waals surface area contributed by atoms with Crippen LogP contribution < -0.4 is 0 Å². The topological polar surface area (TPSA) is 49.6 Å². The summed E-state index contributed by atoms with van der Waals surface area (Å²) in [5.41, 5.74) is 0.863. The summed E-state index contributed by atoms with van der Waals surface area (Å²) in [5, 5.41) is 1.04. The number of amides is 1. The lowest BCUT2D eigenvalue weighted by Gasteiger charge is -2.34. The van der Waals surface area contributed by atoms with E-state index in [2.05, 4.69) is 23.7 Å². The van der Waals surface area contributed by atoms with Crippen molar-refractivity contribution in [1.82, 2.24) is 14.8 Å². The van der Waals surface area contributed by atoms with Crippen molar-refractivity contribution in [3.8, 4) is 0 Å². The van der Waals surface area contributed by atoms with E-state index in [0.29, 0.717) is 5.92 Å². The van der Waals surface area contributed by atoms with Crippen LogP contribution in [0, 0.1) is 6.92 Å². The number of carbonyl (C=O) groups is 1. The minimum Gasteiger partial charge on any atom is -0.468 e.